The van der Waals surface area contributed by atoms with E-state index in [0.717, 1.165) is 19.7 Å². The summed E-state index contributed by atoms with van der Waals surface area (Å²) < 4.78 is 7.35. The number of nitrogens with one attached hydrogen (secondary N) is 1. The highest BCUT2D eigenvalue weighted by atomic mass is 16.5. The fourth-order valence-electron chi connectivity index (χ4n) is 1.53. The fraction of sp³-hybridized carbons (Fsp3) is 0.556. The van der Waals surface area contributed by atoms with Gasteiger partial charge in [-0.1, -0.05) is 0 Å². The van der Waals surface area contributed by atoms with Crippen LogP contribution in [0.25, 0.3) is 0 Å². The Labute approximate surface area is 82.3 Å². The molecule has 1 fully saturated rings. The summed E-state index contributed by atoms with van der Waals surface area (Å²) in [6.45, 7) is 3.17. The van der Waals surface area contributed by atoms with Crippen LogP contribution in [0.2, 0.25) is 0 Å². The van der Waals surface area contributed by atoms with E-state index in [1.54, 1.807) is 12.4 Å². The molecule has 2 rings (SSSR count). The predicted octanol–water partition coefficient (Wildman–Crippen LogP) is -0.257. The Balaban J connectivity index is 1.99. The zero-order valence-corrected chi connectivity index (χ0v) is 7.81. The third-order valence-electron chi connectivity index (χ3n) is 2.22. The average Bonchev–Trinajstić information content (AvgIpc) is 2.67. The summed E-state index contributed by atoms with van der Waals surface area (Å²) in [4.78, 5) is 3.93. The molecule has 14 heavy (non-hydrogen) atoms. The Morgan fingerprint density at radius 3 is 3.43 bits per heavy atom. The summed E-state index contributed by atoms with van der Waals surface area (Å²) in [5, 5.41) is 12.0. The van der Waals surface area contributed by atoms with E-state index in [4.69, 9.17) is 10.00 Å². The zero-order valence-electron chi connectivity index (χ0n) is 7.81. The van der Waals surface area contributed by atoms with Gasteiger partial charge < -0.3 is 14.6 Å². The molecule has 2 heterocycles. The van der Waals surface area contributed by atoms with E-state index in [-0.39, 0.29) is 6.10 Å². The molecule has 0 aromatic carbocycles. The Bertz CT molecular complexity index is 335. The molecule has 1 unspecified atom stereocenters. The Morgan fingerprint density at radius 1 is 1.79 bits per heavy atom. The zero-order chi connectivity index (χ0) is 9.80. The van der Waals surface area contributed by atoms with Crippen LogP contribution < -0.4 is 5.32 Å². The van der Waals surface area contributed by atoms with Crippen LogP contribution in [-0.2, 0) is 11.3 Å². The van der Waals surface area contributed by atoms with E-state index in [0.29, 0.717) is 12.4 Å². The molecular weight excluding hydrogens is 180 g/mol. The van der Waals surface area contributed by atoms with E-state index >= 15 is 0 Å². The van der Waals surface area contributed by atoms with Crippen LogP contribution in [0.5, 0.6) is 0 Å². The minimum Gasteiger partial charge on any atom is -0.374 e. The minimum atomic E-state index is 0.144. The molecule has 74 valence electrons. The van der Waals surface area contributed by atoms with Gasteiger partial charge in [0.05, 0.1) is 19.3 Å². The lowest BCUT2D eigenvalue weighted by Crippen LogP contribution is -2.40. The van der Waals surface area contributed by atoms with Gasteiger partial charge in [0.2, 0.25) is 5.82 Å². The highest BCUT2D eigenvalue weighted by Crippen LogP contribution is 2.03. The predicted molar refractivity (Wildman–Crippen MR) is 49.6 cm³/mol. The van der Waals surface area contributed by atoms with Crippen LogP contribution in [0.3, 0.4) is 0 Å². The number of rotatable bonds is 2. The number of nitriles is 1. The highest BCUT2D eigenvalue weighted by molar-refractivity contribution is 5.11. The number of nitrogens with zero attached hydrogens (tertiary/aromatic N) is 3. The van der Waals surface area contributed by atoms with Gasteiger partial charge in [0, 0.05) is 25.5 Å². The number of hydrogen-bond donors (Lipinski definition) is 1. The molecule has 1 aliphatic rings. The second kappa shape index (κ2) is 4.22. The van der Waals surface area contributed by atoms with Gasteiger partial charge in [0.25, 0.3) is 0 Å². The molecule has 1 aromatic rings. The van der Waals surface area contributed by atoms with Crippen molar-refractivity contribution in [3.63, 3.8) is 0 Å². The first kappa shape index (κ1) is 9.19. The maximum atomic E-state index is 8.75. The van der Waals surface area contributed by atoms with Gasteiger partial charge in [-0.3, -0.25) is 0 Å². The highest BCUT2D eigenvalue weighted by Gasteiger charge is 2.14. The molecule has 5 heteroatoms. The third-order valence-corrected chi connectivity index (χ3v) is 2.22. The van der Waals surface area contributed by atoms with Crippen molar-refractivity contribution >= 4 is 0 Å². The lowest BCUT2D eigenvalue weighted by molar-refractivity contribution is 0.0180. The van der Waals surface area contributed by atoms with Gasteiger partial charge in [0.1, 0.15) is 6.07 Å². The van der Waals surface area contributed by atoms with Gasteiger partial charge in [-0.25, -0.2) is 4.98 Å². The normalized spacial score (nSPS) is 21.8. The first-order valence-corrected chi connectivity index (χ1v) is 4.63. The fourth-order valence-corrected chi connectivity index (χ4v) is 1.53. The van der Waals surface area contributed by atoms with Gasteiger partial charge in [-0.05, 0) is 0 Å². The Hall–Kier alpha value is -1.38. The van der Waals surface area contributed by atoms with E-state index in [1.165, 1.54) is 0 Å². The molecule has 1 N–H and O–H groups in total. The van der Waals surface area contributed by atoms with Crippen molar-refractivity contribution in [3.05, 3.63) is 18.2 Å². The van der Waals surface area contributed by atoms with Crippen LogP contribution in [0, 0.1) is 11.3 Å². The first-order valence-electron chi connectivity index (χ1n) is 4.63. The summed E-state index contributed by atoms with van der Waals surface area (Å²) in [6.07, 6.45) is 3.58. The number of hydrogen-bond acceptors (Lipinski definition) is 4. The monoisotopic (exact) mass is 192 g/mol. The Morgan fingerprint density at radius 2 is 2.71 bits per heavy atom. The molecule has 5 nitrogen and oxygen atoms in total. The summed E-state index contributed by atoms with van der Waals surface area (Å²) in [7, 11) is 0. The van der Waals surface area contributed by atoms with Crippen LogP contribution in [0.1, 0.15) is 5.82 Å². The van der Waals surface area contributed by atoms with Crippen LogP contribution >= 0.6 is 0 Å². The topological polar surface area (TPSA) is 62.9 Å². The largest absolute Gasteiger partial charge is 0.374 e. The molecule has 0 bridgehead atoms. The maximum absolute atomic E-state index is 8.75. The summed E-state index contributed by atoms with van der Waals surface area (Å²) in [5.74, 6) is 0.444. The minimum absolute atomic E-state index is 0.144. The summed E-state index contributed by atoms with van der Waals surface area (Å²) in [5.41, 5.74) is 0. The van der Waals surface area contributed by atoms with E-state index in [1.807, 2.05) is 10.6 Å². The number of ether oxygens (including phenoxy) is 1. The number of morpholine rings is 1. The smallest absolute Gasteiger partial charge is 0.212 e. The molecule has 1 aliphatic heterocycles. The van der Waals surface area contributed by atoms with Gasteiger partial charge in [0.15, 0.2) is 0 Å². The maximum Gasteiger partial charge on any atom is 0.212 e. The van der Waals surface area contributed by atoms with E-state index in [9.17, 15) is 0 Å². The van der Waals surface area contributed by atoms with Gasteiger partial charge in [-0.15, -0.1) is 0 Å². The molecular formula is C9H12N4O. The molecule has 0 spiro atoms. The average molecular weight is 192 g/mol. The quantitative estimate of drug-likeness (QED) is 0.701. The third kappa shape index (κ3) is 1.92. The Kier molecular flexibility index (Phi) is 2.77. The SMILES string of the molecule is N#Cc1nccn1CC1CNCCO1. The van der Waals surface area contributed by atoms with Crippen molar-refractivity contribution in [2.45, 2.75) is 12.6 Å². The van der Waals surface area contributed by atoms with Gasteiger partial charge in [-0.2, -0.15) is 5.26 Å². The van der Waals surface area contributed by atoms with Crippen molar-refractivity contribution < 1.29 is 4.74 Å². The second-order valence-corrected chi connectivity index (χ2v) is 3.21. The standard InChI is InChI=1S/C9H12N4O/c10-5-9-12-1-3-13(9)7-8-6-11-2-4-14-8/h1,3,8,11H,2,4,6-7H2. The van der Waals surface area contributed by atoms with Crippen molar-refractivity contribution in [2.24, 2.45) is 0 Å². The molecule has 1 atom stereocenters. The van der Waals surface area contributed by atoms with Crippen LogP contribution in [0.15, 0.2) is 12.4 Å². The summed E-state index contributed by atoms with van der Waals surface area (Å²) >= 11 is 0. The molecule has 0 radical (unpaired) electrons. The van der Waals surface area contributed by atoms with Crippen LogP contribution in [-0.4, -0.2) is 35.4 Å². The molecule has 0 amide bonds. The van der Waals surface area contributed by atoms with Crippen molar-refractivity contribution in [2.75, 3.05) is 19.7 Å². The van der Waals surface area contributed by atoms with Crippen molar-refractivity contribution in [1.29, 1.82) is 5.26 Å². The lowest BCUT2D eigenvalue weighted by Gasteiger charge is -2.23. The van der Waals surface area contributed by atoms with Crippen molar-refractivity contribution in [1.82, 2.24) is 14.9 Å². The number of aromatic nitrogens is 2. The molecule has 1 saturated heterocycles. The van der Waals surface area contributed by atoms with Crippen molar-refractivity contribution in [3.8, 4) is 6.07 Å². The van der Waals surface area contributed by atoms with Gasteiger partial charge >= 0.3 is 0 Å². The van der Waals surface area contributed by atoms with E-state index in [2.05, 4.69) is 10.3 Å². The molecule has 0 aliphatic carbocycles. The summed E-state index contributed by atoms with van der Waals surface area (Å²) in [6, 6.07) is 2.04. The van der Waals surface area contributed by atoms with Crippen LogP contribution in [0.4, 0.5) is 0 Å². The van der Waals surface area contributed by atoms with E-state index < -0.39 is 0 Å². The lowest BCUT2D eigenvalue weighted by atomic mass is 10.3. The second-order valence-electron chi connectivity index (χ2n) is 3.21. The number of imidazole rings is 1. The molecule has 0 saturated carbocycles. The first-order chi connectivity index (χ1) is 6.90. The molecule has 1 aromatic heterocycles.